The Labute approximate surface area is 162 Å². The van der Waals surface area contributed by atoms with Gasteiger partial charge in [0.25, 0.3) is 0 Å². The quantitative estimate of drug-likeness (QED) is 0.737. The molecule has 1 saturated heterocycles. The Balaban J connectivity index is 2.06. The predicted octanol–water partition coefficient (Wildman–Crippen LogP) is 5.31. The number of amides is 1. The maximum atomic E-state index is 13.1. The summed E-state index contributed by atoms with van der Waals surface area (Å²) in [6.45, 7) is 6.68. The lowest BCUT2D eigenvalue weighted by Gasteiger charge is -2.35. The van der Waals surface area contributed by atoms with E-state index in [1.54, 1.807) is 11.1 Å². The third-order valence-electron chi connectivity index (χ3n) is 4.75. The molecular weight excluding hydrogens is 338 g/mol. The van der Waals surface area contributed by atoms with Crippen LogP contribution in [0.25, 0.3) is 0 Å². The van der Waals surface area contributed by atoms with Crippen molar-refractivity contribution in [1.82, 2.24) is 9.88 Å². The molecule has 2 heterocycles. The maximum absolute atomic E-state index is 13.1. The topological polar surface area (TPSA) is 45.7 Å². The maximum Gasteiger partial charge on any atom is 0.420 e. The molecule has 0 unspecified atom stereocenters. The van der Waals surface area contributed by atoms with Crippen LogP contribution in [0.4, 0.5) is 16.3 Å². The Bertz CT molecular complexity index is 771. The first-order chi connectivity index (χ1) is 12.9. The minimum atomic E-state index is -0.583. The molecule has 144 valence electrons. The van der Waals surface area contributed by atoms with Crippen LogP contribution < -0.4 is 4.90 Å². The predicted molar refractivity (Wildman–Crippen MR) is 108 cm³/mol. The summed E-state index contributed by atoms with van der Waals surface area (Å²) < 4.78 is 5.71. The fraction of sp³-hybridized carbons (Fsp3) is 0.455. The van der Waals surface area contributed by atoms with Crippen molar-refractivity contribution in [2.45, 2.75) is 51.7 Å². The standard InChI is InChI=1S/C22H29N3O2/c1-22(2,3)27-21(26)25(17-11-6-5-7-12-17)20-18(13-10-15-23-20)19-14-8-9-16-24(19)4/h5-7,10-13,15,19H,8-9,14,16H2,1-4H3/t19-/m1/s1. The SMILES string of the molecule is CN1CCCC[C@@H]1c1cccnc1N(C(=O)OC(C)(C)C)c1ccccc1. The molecule has 0 saturated carbocycles. The first-order valence-electron chi connectivity index (χ1n) is 9.60. The number of carbonyl (C=O) groups is 1. The van der Waals surface area contributed by atoms with Crippen LogP contribution in [0.2, 0.25) is 0 Å². The Kier molecular flexibility index (Phi) is 5.80. The van der Waals surface area contributed by atoms with Gasteiger partial charge in [0.05, 0.1) is 5.69 Å². The van der Waals surface area contributed by atoms with Crippen molar-refractivity contribution in [3.63, 3.8) is 0 Å². The van der Waals surface area contributed by atoms with Gasteiger partial charge in [-0.2, -0.15) is 0 Å². The number of likely N-dealkylation sites (tertiary alicyclic amines) is 1. The minimum absolute atomic E-state index is 0.246. The van der Waals surface area contributed by atoms with Gasteiger partial charge in [-0.05, 0) is 65.4 Å². The first kappa shape index (κ1) is 19.4. The van der Waals surface area contributed by atoms with Crippen molar-refractivity contribution in [3.05, 3.63) is 54.2 Å². The van der Waals surface area contributed by atoms with Crippen molar-refractivity contribution < 1.29 is 9.53 Å². The van der Waals surface area contributed by atoms with Gasteiger partial charge in [0.1, 0.15) is 11.4 Å². The van der Waals surface area contributed by atoms with Crippen LogP contribution in [0.5, 0.6) is 0 Å². The van der Waals surface area contributed by atoms with E-state index in [-0.39, 0.29) is 6.04 Å². The number of benzene rings is 1. The molecule has 1 aliphatic heterocycles. The van der Waals surface area contributed by atoms with Gasteiger partial charge in [0.2, 0.25) is 0 Å². The lowest BCUT2D eigenvalue weighted by Crippen LogP contribution is -2.36. The summed E-state index contributed by atoms with van der Waals surface area (Å²) in [6.07, 6.45) is 4.78. The van der Waals surface area contributed by atoms with E-state index in [4.69, 9.17) is 4.74 Å². The molecule has 5 nitrogen and oxygen atoms in total. The number of rotatable bonds is 3. The molecule has 0 bridgehead atoms. The number of nitrogens with zero attached hydrogens (tertiary/aromatic N) is 3. The summed E-state index contributed by atoms with van der Waals surface area (Å²) in [5, 5.41) is 0. The fourth-order valence-corrected chi connectivity index (χ4v) is 3.52. The molecule has 3 rings (SSSR count). The molecule has 1 atom stereocenters. The highest BCUT2D eigenvalue weighted by molar-refractivity contribution is 5.96. The van der Waals surface area contributed by atoms with Crippen molar-refractivity contribution in [1.29, 1.82) is 0 Å². The number of hydrogen-bond acceptors (Lipinski definition) is 4. The van der Waals surface area contributed by atoms with Crippen molar-refractivity contribution in [2.75, 3.05) is 18.5 Å². The smallest absolute Gasteiger partial charge is 0.420 e. The molecule has 27 heavy (non-hydrogen) atoms. The fourth-order valence-electron chi connectivity index (χ4n) is 3.52. The van der Waals surface area contributed by atoms with E-state index in [1.165, 1.54) is 12.8 Å². The van der Waals surface area contributed by atoms with Crippen LogP contribution in [-0.2, 0) is 4.74 Å². The molecule has 1 amide bonds. The number of carbonyl (C=O) groups excluding carboxylic acids is 1. The molecule has 0 spiro atoms. The van der Waals surface area contributed by atoms with Crippen LogP contribution in [0.15, 0.2) is 48.7 Å². The summed E-state index contributed by atoms with van der Waals surface area (Å²) in [5.41, 5.74) is 1.24. The Morgan fingerprint density at radius 2 is 1.89 bits per heavy atom. The Morgan fingerprint density at radius 1 is 1.15 bits per heavy atom. The zero-order valence-electron chi connectivity index (χ0n) is 16.7. The van der Waals surface area contributed by atoms with Crippen LogP contribution in [0.3, 0.4) is 0 Å². The summed E-state index contributed by atoms with van der Waals surface area (Å²) >= 11 is 0. The monoisotopic (exact) mass is 367 g/mol. The average molecular weight is 367 g/mol. The minimum Gasteiger partial charge on any atom is -0.443 e. The number of para-hydroxylation sites is 1. The average Bonchev–Trinajstić information content (AvgIpc) is 2.62. The van der Waals surface area contributed by atoms with Gasteiger partial charge in [0.15, 0.2) is 0 Å². The zero-order chi connectivity index (χ0) is 19.4. The van der Waals surface area contributed by atoms with E-state index in [0.717, 1.165) is 24.2 Å². The number of hydrogen-bond donors (Lipinski definition) is 0. The molecule has 2 aromatic rings. The van der Waals surface area contributed by atoms with Gasteiger partial charge in [-0.25, -0.2) is 14.7 Å². The van der Waals surface area contributed by atoms with E-state index in [2.05, 4.69) is 23.0 Å². The molecule has 1 aromatic carbocycles. The number of piperidine rings is 1. The molecular formula is C22H29N3O2. The highest BCUT2D eigenvalue weighted by Gasteiger charge is 2.31. The Morgan fingerprint density at radius 3 is 2.56 bits per heavy atom. The van der Waals surface area contributed by atoms with E-state index < -0.39 is 11.7 Å². The number of pyridine rings is 1. The third kappa shape index (κ3) is 4.66. The number of aromatic nitrogens is 1. The molecule has 0 N–H and O–H groups in total. The van der Waals surface area contributed by atoms with Gasteiger partial charge in [-0.15, -0.1) is 0 Å². The van der Waals surface area contributed by atoms with E-state index in [1.807, 2.05) is 57.2 Å². The number of anilines is 2. The molecule has 1 aliphatic rings. The van der Waals surface area contributed by atoms with Crippen molar-refractivity contribution in [3.8, 4) is 0 Å². The lowest BCUT2D eigenvalue weighted by atomic mass is 9.96. The first-order valence-corrected chi connectivity index (χ1v) is 9.60. The van der Waals surface area contributed by atoms with E-state index >= 15 is 0 Å². The van der Waals surface area contributed by atoms with Crippen LogP contribution >= 0.6 is 0 Å². The zero-order valence-corrected chi connectivity index (χ0v) is 16.7. The second-order valence-corrected chi connectivity index (χ2v) is 8.06. The van der Waals surface area contributed by atoms with Crippen LogP contribution in [0.1, 0.15) is 51.6 Å². The van der Waals surface area contributed by atoms with Crippen molar-refractivity contribution in [2.24, 2.45) is 0 Å². The largest absolute Gasteiger partial charge is 0.443 e. The summed E-state index contributed by atoms with van der Waals surface area (Å²) in [6, 6.07) is 13.9. The number of ether oxygens (including phenoxy) is 1. The van der Waals surface area contributed by atoms with Gasteiger partial charge in [-0.3, -0.25) is 4.90 Å². The molecule has 0 aliphatic carbocycles. The summed E-state index contributed by atoms with van der Waals surface area (Å²) in [4.78, 5) is 21.7. The summed E-state index contributed by atoms with van der Waals surface area (Å²) in [5.74, 6) is 0.650. The van der Waals surface area contributed by atoms with Gasteiger partial charge >= 0.3 is 6.09 Å². The summed E-state index contributed by atoms with van der Waals surface area (Å²) in [7, 11) is 2.14. The second kappa shape index (κ2) is 8.09. The normalized spacial score (nSPS) is 18.1. The third-order valence-corrected chi connectivity index (χ3v) is 4.75. The molecule has 1 aromatic heterocycles. The van der Waals surface area contributed by atoms with E-state index in [9.17, 15) is 4.79 Å². The highest BCUT2D eigenvalue weighted by atomic mass is 16.6. The lowest BCUT2D eigenvalue weighted by molar-refractivity contribution is 0.0597. The Hall–Kier alpha value is -2.40. The van der Waals surface area contributed by atoms with E-state index in [0.29, 0.717) is 5.82 Å². The molecule has 5 heteroatoms. The van der Waals surface area contributed by atoms with Crippen LogP contribution in [0, 0.1) is 0 Å². The van der Waals surface area contributed by atoms with Gasteiger partial charge < -0.3 is 4.74 Å². The highest BCUT2D eigenvalue weighted by Crippen LogP contribution is 2.37. The van der Waals surface area contributed by atoms with Crippen molar-refractivity contribution >= 4 is 17.6 Å². The second-order valence-electron chi connectivity index (χ2n) is 8.06. The van der Waals surface area contributed by atoms with Crippen LogP contribution in [-0.4, -0.2) is 35.2 Å². The molecule has 0 radical (unpaired) electrons. The van der Waals surface area contributed by atoms with Gasteiger partial charge in [-0.1, -0.05) is 30.7 Å². The molecule has 1 fully saturated rings. The van der Waals surface area contributed by atoms with Gasteiger partial charge in [0, 0.05) is 17.8 Å².